The molecule has 2 amide bonds. The number of rotatable bonds is 4. The molecule has 1 aromatic carbocycles. The average Bonchev–Trinajstić information content (AvgIpc) is 2.55. The monoisotopic (exact) mass is 346 g/mol. The largest absolute Gasteiger partial charge is 0.491 e. The predicted molar refractivity (Wildman–Crippen MR) is 98.5 cm³/mol. The van der Waals surface area contributed by atoms with Crippen molar-refractivity contribution in [2.45, 2.75) is 47.1 Å². The Morgan fingerprint density at radius 2 is 1.52 bits per heavy atom. The number of nitrogens with zero attached hydrogens (tertiary/aromatic N) is 2. The summed E-state index contributed by atoms with van der Waals surface area (Å²) in [6.07, 6.45) is 0.523. The van der Waals surface area contributed by atoms with E-state index in [1.807, 2.05) is 68.7 Å². The number of ether oxygens (including phenoxy) is 1. The fourth-order valence-corrected chi connectivity index (χ4v) is 2.88. The van der Waals surface area contributed by atoms with Crippen LogP contribution in [-0.4, -0.2) is 53.9 Å². The Hall–Kier alpha value is -2.04. The molecule has 0 saturated carbocycles. The molecule has 0 unspecified atom stereocenters. The number of hydrogen-bond acceptors (Lipinski definition) is 3. The smallest absolute Gasteiger partial charge is 0.228 e. The topological polar surface area (TPSA) is 49.9 Å². The van der Waals surface area contributed by atoms with Crippen LogP contribution in [0.3, 0.4) is 0 Å². The molecule has 0 N–H and O–H groups in total. The van der Waals surface area contributed by atoms with E-state index in [0.717, 1.165) is 11.3 Å². The van der Waals surface area contributed by atoms with Crippen molar-refractivity contribution in [1.29, 1.82) is 0 Å². The Balaban J connectivity index is 1.85. The maximum Gasteiger partial charge on any atom is 0.228 e. The van der Waals surface area contributed by atoms with Crippen LogP contribution < -0.4 is 4.74 Å². The highest BCUT2D eigenvalue weighted by Crippen LogP contribution is 2.19. The summed E-state index contributed by atoms with van der Waals surface area (Å²) in [5.41, 5.74) is 0.612. The minimum atomic E-state index is -0.369. The minimum Gasteiger partial charge on any atom is -0.491 e. The third kappa shape index (κ3) is 5.48. The molecule has 1 aromatic rings. The number of carbonyl (C=O) groups is 2. The Bertz CT molecular complexity index is 594. The molecule has 0 aromatic heterocycles. The summed E-state index contributed by atoms with van der Waals surface area (Å²) in [5.74, 6) is 1.08. The van der Waals surface area contributed by atoms with Crippen molar-refractivity contribution >= 4 is 11.8 Å². The predicted octanol–water partition coefficient (Wildman–Crippen LogP) is 2.73. The molecule has 25 heavy (non-hydrogen) atoms. The maximum atomic E-state index is 12.5. The lowest BCUT2D eigenvalue weighted by Crippen LogP contribution is -2.53. The van der Waals surface area contributed by atoms with E-state index >= 15 is 0 Å². The van der Waals surface area contributed by atoms with Crippen LogP contribution in [0, 0.1) is 5.41 Å². The number of benzene rings is 1. The number of piperazine rings is 1. The molecule has 1 aliphatic heterocycles. The van der Waals surface area contributed by atoms with Gasteiger partial charge in [-0.2, -0.15) is 0 Å². The second-order valence-electron chi connectivity index (χ2n) is 7.91. The number of carbonyl (C=O) groups excluding carboxylic acids is 2. The zero-order chi connectivity index (χ0) is 18.6. The van der Waals surface area contributed by atoms with E-state index in [1.54, 1.807) is 0 Å². The fraction of sp³-hybridized carbons (Fsp3) is 0.600. The second-order valence-corrected chi connectivity index (χ2v) is 7.91. The van der Waals surface area contributed by atoms with E-state index in [0.29, 0.717) is 32.6 Å². The zero-order valence-corrected chi connectivity index (χ0v) is 16.0. The molecule has 1 aliphatic rings. The first-order valence-corrected chi connectivity index (χ1v) is 8.99. The standard InChI is InChI=1S/C20H30N2O3/c1-15(2)25-17-8-6-16(7-9-17)14-18(23)21-10-12-22(13-11-21)19(24)20(3,4)5/h6-9,15H,10-14H2,1-5H3. The SMILES string of the molecule is CC(C)Oc1ccc(CC(=O)N2CCN(C(=O)C(C)(C)C)CC2)cc1. The van der Waals surface area contributed by atoms with Gasteiger partial charge >= 0.3 is 0 Å². The van der Waals surface area contributed by atoms with E-state index in [1.165, 1.54) is 0 Å². The van der Waals surface area contributed by atoms with Gasteiger partial charge < -0.3 is 14.5 Å². The highest BCUT2D eigenvalue weighted by atomic mass is 16.5. The maximum absolute atomic E-state index is 12.5. The fourth-order valence-electron chi connectivity index (χ4n) is 2.88. The molecule has 1 saturated heterocycles. The van der Waals surface area contributed by atoms with Gasteiger partial charge in [0, 0.05) is 31.6 Å². The van der Waals surface area contributed by atoms with Crippen molar-refractivity contribution in [2.24, 2.45) is 5.41 Å². The van der Waals surface area contributed by atoms with Crippen LogP contribution in [0.4, 0.5) is 0 Å². The number of hydrogen-bond donors (Lipinski definition) is 0. The third-order valence-electron chi connectivity index (χ3n) is 4.21. The van der Waals surface area contributed by atoms with Gasteiger partial charge in [0.05, 0.1) is 12.5 Å². The van der Waals surface area contributed by atoms with Crippen LogP contribution >= 0.6 is 0 Å². The van der Waals surface area contributed by atoms with E-state index in [-0.39, 0.29) is 23.3 Å². The normalized spacial score (nSPS) is 15.4. The molecule has 0 radical (unpaired) electrons. The van der Waals surface area contributed by atoms with Gasteiger partial charge in [-0.25, -0.2) is 0 Å². The molecule has 0 bridgehead atoms. The first-order valence-electron chi connectivity index (χ1n) is 8.99. The Morgan fingerprint density at radius 1 is 1.00 bits per heavy atom. The van der Waals surface area contributed by atoms with Gasteiger partial charge in [-0.3, -0.25) is 9.59 Å². The third-order valence-corrected chi connectivity index (χ3v) is 4.21. The quantitative estimate of drug-likeness (QED) is 0.842. The van der Waals surface area contributed by atoms with Crippen molar-refractivity contribution in [3.05, 3.63) is 29.8 Å². The molecule has 0 spiro atoms. The van der Waals surface area contributed by atoms with Crippen LogP contribution in [-0.2, 0) is 16.0 Å². The zero-order valence-electron chi connectivity index (χ0n) is 16.0. The molecule has 0 atom stereocenters. The van der Waals surface area contributed by atoms with Gasteiger partial charge in [0.2, 0.25) is 11.8 Å². The molecule has 5 nitrogen and oxygen atoms in total. The molecule has 5 heteroatoms. The lowest BCUT2D eigenvalue weighted by atomic mass is 9.94. The Morgan fingerprint density at radius 3 is 2.00 bits per heavy atom. The lowest BCUT2D eigenvalue weighted by molar-refractivity contribution is -0.144. The van der Waals surface area contributed by atoms with Crippen molar-refractivity contribution in [2.75, 3.05) is 26.2 Å². The molecule has 1 heterocycles. The summed E-state index contributed by atoms with van der Waals surface area (Å²) in [4.78, 5) is 28.5. The van der Waals surface area contributed by atoms with Crippen LogP contribution in [0.5, 0.6) is 5.75 Å². The molecule has 138 valence electrons. The van der Waals surface area contributed by atoms with E-state index in [4.69, 9.17) is 4.74 Å². The molecule has 0 aliphatic carbocycles. The minimum absolute atomic E-state index is 0.111. The molecular formula is C20H30N2O3. The summed E-state index contributed by atoms with van der Waals surface area (Å²) in [7, 11) is 0. The lowest BCUT2D eigenvalue weighted by Gasteiger charge is -2.37. The van der Waals surface area contributed by atoms with Gasteiger partial charge in [0.15, 0.2) is 0 Å². The Labute approximate surface area is 150 Å². The van der Waals surface area contributed by atoms with Crippen molar-refractivity contribution in [3.8, 4) is 5.75 Å². The summed E-state index contributed by atoms with van der Waals surface area (Å²) in [5, 5.41) is 0. The number of amides is 2. The van der Waals surface area contributed by atoms with Gasteiger partial charge in [-0.05, 0) is 31.5 Å². The average molecular weight is 346 g/mol. The second kappa shape index (κ2) is 7.89. The van der Waals surface area contributed by atoms with Gasteiger partial charge in [0.1, 0.15) is 5.75 Å². The molecule has 1 fully saturated rings. The van der Waals surface area contributed by atoms with Crippen LogP contribution in [0.2, 0.25) is 0 Å². The summed E-state index contributed by atoms with van der Waals surface area (Å²) < 4.78 is 5.62. The Kier molecular flexibility index (Phi) is 6.09. The first-order chi connectivity index (χ1) is 11.7. The summed E-state index contributed by atoms with van der Waals surface area (Å²) in [6, 6.07) is 7.69. The van der Waals surface area contributed by atoms with E-state index in [2.05, 4.69) is 0 Å². The highest BCUT2D eigenvalue weighted by molar-refractivity contribution is 5.82. The molecular weight excluding hydrogens is 316 g/mol. The van der Waals surface area contributed by atoms with Gasteiger partial charge in [-0.15, -0.1) is 0 Å². The van der Waals surface area contributed by atoms with Crippen LogP contribution in [0.1, 0.15) is 40.2 Å². The summed E-state index contributed by atoms with van der Waals surface area (Å²) >= 11 is 0. The van der Waals surface area contributed by atoms with Crippen molar-refractivity contribution < 1.29 is 14.3 Å². The van der Waals surface area contributed by atoms with Crippen molar-refractivity contribution in [3.63, 3.8) is 0 Å². The van der Waals surface area contributed by atoms with Gasteiger partial charge in [-0.1, -0.05) is 32.9 Å². The molecule has 2 rings (SSSR count). The van der Waals surface area contributed by atoms with Crippen LogP contribution in [0.25, 0.3) is 0 Å². The first kappa shape index (κ1) is 19.3. The van der Waals surface area contributed by atoms with Crippen molar-refractivity contribution in [1.82, 2.24) is 9.80 Å². The van der Waals surface area contributed by atoms with Gasteiger partial charge in [0.25, 0.3) is 0 Å². The summed E-state index contributed by atoms with van der Waals surface area (Å²) in [6.45, 7) is 12.2. The van der Waals surface area contributed by atoms with E-state index < -0.39 is 0 Å². The van der Waals surface area contributed by atoms with Crippen LogP contribution in [0.15, 0.2) is 24.3 Å². The highest BCUT2D eigenvalue weighted by Gasteiger charge is 2.30. The van der Waals surface area contributed by atoms with E-state index in [9.17, 15) is 9.59 Å².